The topological polar surface area (TPSA) is 74.1 Å². The number of rotatable bonds is 6. The molecule has 0 saturated heterocycles. The summed E-state index contributed by atoms with van der Waals surface area (Å²) in [5, 5.41) is 16.5. The Morgan fingerprint density at radius 1 is 1.12 bits per heavy atom. The van der Waals surface area contributed by atoms with Gasteiger partial charge in [0.05, 0.1) is 18.2 Å². The highest BCUT2D eigenvalue weighted by atomic mass is 32.1. The lowest BCUT2D eigenvalue weighted by atomic mass is 10.1. The smallest absolute Gasteiger partial charge is 0.319 e. The standard InChI is InChI=1S/C20H17N3O2S/c21-12-15-4-1-5-16(10-15)14-25-18-7-2-6-17(11-18)23-20(24)22-13-19-8-3-9-26-19/h1-11H,13-14H2,(H2,22,23,24). The van der Waals surface area contributed by atoms with E-state index in [2.05, 4.69) is 16.7 Å². The summed E-state index contributed by atoms with van der Waals surface area (Å²) < 4.78 is 5.75. The van der Waals surface area contributed by atoms with Crippen molar-refractivity contribution in [2.24, 2.45) is 0 Å². The van der Waals surface area contributed by atoms with Gasteiger partial charge in [-0.1, -0.05) is 24.3 Å². The third-order valence-electron chi connectivity index (χ3n) is 3.56. The molecule has 0 aliphatic carbocycles. The summed E-state index contributed by atoms with van der Waals surface area (Å²) in [6, 6.07) is 20.2. The number of ether oxygens (including phenoxy) is 1. The van der Waals surface area contributed by atoms with Crippen LogP contribution in [0.2, 0.25) is 0 Å². The second kappa shape index (κ2) is 8.70. The summed E-state index contributed by atoms with van der Waals surface area (Å²) in [6.45, 7) is 0.846. The molecule has 6 heteroatoms. The molecule has 2 amide bonds. The van der Waals surface area contributed by atoms with Crippen LogP contribution in [-0.4, -0.2) is 6.03 Å². The lowest BCUT2D eigenvalue weighted by Gasteiger charge is -2.10. The molecular formula is C20H17N3O2S. The first kappa shape index (κ1) is 17.5. The fraction of sp³-hybridized carbons (Fsp3) is 0.100. The van der Waals surface area contributed by atoms with Gasteiger partial charge in [0.1, 0.15) is 12.4 Å². The summed E-state index contributed by atoms with van der Waals surface area (Å²) in [6.07, 6.45) is 0. The number of carbonyl (C=O) groups excluding carboxylic acids is 1. The highest BCUT2D eigenvalue weighted by Gasteiger charge is 2.04. The largest absolute Gasteiger partial charge is 0.489 e. The fourth-order valence-electron chi connectivity index (χ4n) is 2.32. The molecule has 1 heterocycles. The molecule has 0 bridgehead atoms. The van der Waals surface area contributed by atoms with Crippen LogP contribution in [0.15, 0.2) is 66.0 Å². The molecule has 2 aromatic carbocycles. The van der Waals surface area contributed by atoms with E-state index in [1.54, 1.807) is 35.6 Å². The second-order valence-electron chi connectivity index (χ2n) is 5.52. The van der Waals surface area contributed by atoms with Crippen LogP contribution in [-0.2, 0) is 13.2 Å². The maximum absolute atomic E-state index is 12.0. The number of thiophene rings is 1. The van der Waals surface area contributed by atoms with Crippen molar-refractivity contribution in [2.75, 3.05) is 5.32 Å². The number of nitrogens with one attached hydrogen (secondary N) is 2. The lowest BCUT2D eigenvalue weighted by Crippen LogP contribution is -2.27. The molecule has 3 rings (SSSR count). The van der Waals surface area contributed by atoms with Crippen molar-refractivity contribution in [3.05, 3.63) is 82.0 Å². The van der Waals surface area contributed by atoms with E-state index in [1.807, 2.05) is 41.8 Å². The zero-order valence-corrected chi connectivity index (χ0v) is 14.8. The van der Waals surface area contributed by atoms with Gasteiger partial charge < -0.3 is 15.4 Å². The summed E-state index contributed by atoms with van der Waals surface area (Å²) in [5.41, 5.74) is 2.16. The number of carbonyl (C=O) groups is 1. The summed E-state index contributed by atoms with van der Waals surface area (Å²) in [4.78, 5) is 13.1. The molecule has 2 N–H and O–H groups in total. The van der Waals surface area contributed by atoms with Gasteiger partial charge in [0.15, 0.2) is 0 Å². The van der Waals surface area contributed by atoms with Crippen LogP contribution in [0.5, 0.6) is 5.75 Å². The van der Waals surface area contributed by atoms with Crippen molar-refractivity contribution in [2.45, 2.75) is 13.2 Å². The van der Waals surface area contributed by atoms with Crippen LogP contribution in [0.3, 0.4) is 0 Å². The van der Waals surface area contributed by atoms with Gasteiger partial charge in [0, 0.05) is 16.6 Å². The first-order chi connectivity index (χ1) is 12.7. The van der Waals surface area contributed by atoms with Gasteiger partial charge in [-0.05, 0) is 41.3 Å². The van der Waals surface area contributed by atoms with E-state index in [-0.39, 0.29) is 6.03 Å². The number of hydrogen-bond acceptors (Lipinski definition) is 4. The normalized spacial score (nSPS) is 9.96. The molecule has 26 heavy (non-hydrogen) atoms. The van der Waals surface area contributed by atoms with Gasteiger partial charge in [-0.25, -0.2) is 4.79 Å². The summed E-state index contributed by atoms with van der Waals surface area (Å²) >= 11 is 1.60. The molecule has 0 spiro atoms. The van der Waals surface area contributed by atoms with Crippen molar-refractivity contribution in [3.63, 3.8) is 0 Å². The molecule has 0 aliphatic heterocycles. The Kier molecular flexibility index (Phi) is 5.86. The number of hydrogen-bond donors (Lipinski definition) is 2. The third-order valence-corrected chi connectivity index (χ3v) is 4.43. The van der Waals surface area contributed by atoms with Crippen LogP contribution < -0.4 is 15.4 Å². The van der Waals surface area contributed by atoms with E-state index in [1.165, 1.54) is 0 Å². The van der Waals surface area contributed by atoms with E-state index < -0.39 is 0 Å². The Morgan fingerprint density at radius 3 is 2.81 bits per heavy atom. The van der Waals surface area contributed by atoms with E-state index in [9.17, 15) is 4.79 Å². The fourth-order valence-corrected chi connectivity index (χ4v) is 2.96. The average Bonchev–Trinajstić information content (AvgIpc) is 3.19. The number of urea groups is 1. The Morgan fingerprint density at radius 2 is 2.00 bits per heavy atom. The molecule has 0 fully saturated rings. The minimum atomic E-state index is -0.266. The van der Waals surface area contributed by atoms with E-state index >= 15 is 0 Å². The maximum atomic E-state index is 12.0. The zero-order valence-electron chi connectivity index (χ0n) is 13.9. The molecule has 5 nitrogen and oxygen atoms in total. The first-order valence-corrected chi connectivity index (χ1v) is 8.90. The summed E-state index contributed by atoms with van der Waals surface area (Å²) in [5.74, 6) is 0.642. The van der Waals surface area contributed by atoms with Gasteiger partial charge >= 0.3 is 6.03 Å². The number of benzene rings is 2. The van der Waals surface area contributed by atoms with Crippen LogP contribution >= 0.6 is 11.3 Å². The van der Waals surface area contributed by atoms with E-state index in [0.717, 1.165) is 10.4 Å². The van der Waals surface area contributed by atoms with Crippen molar-refractivity contribution in [3.8, 4) is 11.8 Å². The molecule has 0 unspecified atom stereocenters. The first-order valence-electron chi connectivity index (χ1n) is 8.02. The molecule has 0 radical (unpaired) electrons. The monoisotopic (exact) mass is 363 g/mol. The number of nitrogens with zero attached hydrogens (tertiary/aromatic N) is 1. The number of nitriles is 1. The predicted octanol–water partition coefficient (Wildman–Crippen LogP) is 4.52. The van der Waals surface area contributed by atoms with Crippen LogP contribution in [0.4, 0.5) is 10.5 Å². The van der Waals surface area contributed by atoms with E-state index in [4.69, 9.17) is 10.00 Å². The van der Waals surface area contributed by atoms with Crippen LogP contribution in [0.1, 0.15) is 16.0 Å². The minimum Gasteiger partial charge on any atom is -0.489 e. The predicted molar refractivity (Wildman–Crippen MR) is 102 cm³/mol. The van der Waals surface area contributed by atoms with Crippen molar-refractivity contribution in [1.29, 1.82) is 5.26 Å². The SMILES string of the molecule is N#Cc1cccc(COc2cccc(NC(=O)NCc3cccs3)c2)c1. The molecule has 1 aromatic heterocycles. The Hall–Kier alpha value is -3.30. The quantitative estimate of drug-likeness (QED) is 0.676. The van der Waals surface area contributed by atoms with Gasteiger partial charge in [-0.15, -0.1) is 11.3 Å². The zero-order chi connectivity index (χ0) is 18.2. The van der Waals surface area contributed by atoms with Crippen LogP contribution in [0, 0.1) is 11.3 Å². The molecule has 0 saturated carbocycles. The third kappa shape index (κ3) is 5.10. The van der Waals surface area contributed by atoms with Crippen molar-refractivity contribution in [1.82, 2.24) is 5.32 Å². The Labute approximate surface area is 155 Å². The van der Waals surface area contributed by atoms with Crippen LogP contribution in [0.25, 0.3) is 0 Å². The van der Waals surface area contributed by atoms with Gasteiger partial charge in [0.2, 0.25) is 0 Å². The van der Waals surface area contributed by atoms with Gasteiger partial charge in [-0.3, -0.25) is 0 Å². The van der Waals surface area contributed by atoms with Crippen molar-refractivity contribution >= 4 is 23.1 Å². The molecular weight excluding hydrogens is 346 g/mol. The minimum absolute atomic E-state index is 0.266. The highest BCUT2D eigenvalue weighted by Crippen LogP contribution is 2.19. The molecule has 0 atom stereocenters. The Balaban J connectivity index is 1.54. The number of amides is 2. The Bertz CT molecular complexity index is 917. The highest BCUT2D eigenvalue weighted by molar-refractivity contribution is 7.09. The maximum Gasteiger partial charge on any atom is 0.319 e. The second-order valence-corrected chi connectivity index (χ2v) is 6.55. The van der Waals surface area contributed by atoms with E-state index in [0.29, 0.717) is 30.2 Å². The van der Waals surface area contributed by atoms with Crippen molar-refractivity contribution < 1.29 is 9.53 Å². The molecule has 0 aliphatic rings. The lowest BCUT2D eigenvalue weighted by molar-refractivity contribution is 0.252. The number of anilines is 1. The molecule has 130 valence electrons. The summed E-state index contributed by atoms with van der Waals surface area (Å²) in [7, 11) is 0. The average molecular weight is 363 g/mol. The van der Waals surface area contributed by atoms with Gasteiger partial charge in [0.25, 0.3) is 0 Å². The van der Waals surface area contributed by atoms with Gasteiger partial charge in [-0.2, -0.15) is 5.26 Å². The molecule has 3 aromatic rings.